The minimum atomic E-state index is -0.349. The summed E-state index contributed by atoms with van der Waals surface area (Å²) in [6.45, 7) is 6.20. The Bertz CT molecular complexity index is 239. The Hall–Kier alpha value is -0.830. The molecule has 0 aromatic rings. The van der Waals surface area contributed by atoms with E-state index < -0.39 is 0 Å². The molecule has 80 valence electrons. The number of carbonyl (C=O) groups is 1. The monoisotopic (exact) mass is 196 g/mol. The second-order valence-corrected chi connectivity index (χ2v) is 4.39. The highest BCUT2D eigenvalue weighted by Crippen LogP contribution is 2.38. The van der Waals surface area contributed by atoms with Crippen molar-refractivity contribution >= 4 is 5.91 Å². The van der Waals surface area contributed by atoms with Crippen LogP contribution in [0.3, 0.4) is 0 Å². The predicted molar refractivity (Wildman–Crippen MR) is 57.8 cm³/mol. The molecule has 14 heavy (non-hydrogen) atoms. The quantitative estimate of drug-likeness (QED) is 0.688. The average molecular weight is 196 g/mol. The van der Waals surface area contributed by atoms with Gasteiger partial charge in [0.25, 0.3) is 0 Å². The van der Waals surface area contributed by atoms with Gasteiger partial charge in [-0.1, -0.05) is 12.5 Å². The number of rotatable bonds is 3. The molecule has 2 atom stereocenters. The van der Waals surface area contributed by atoms with Crippen LogP contribution in [0.15, 0.2) is 12.7 Å². The van der Waals surface area contributed by atoms with E-state index in [9.17, 15) is 4.79 Å². The van der Waals surface area contributed by atoms with E-state index in [1.54, 1.807) is 18.0 Å². The number of nitrogens with two attached hydrogens (primary N) is 1. The van der Waals surface area contributed by atoms with E-state index in [-0.39, 0.29) is 17.4 Å². The van der Waals surface area contributed by atoms with Crippen molar-refractivity contribution in [2.24, 2.45) is 11.1 Å². The van der Waals surface area contributed by atoms with Gasteiger partial charge in [0.05, 0.1) is 5.41 Å². The molecule has 1 aliphatic rings. The van der Waals surface area contributed by atoms with Gasteiger partial charge in [-0.15, -0.1) is 6.58 Å². The van der Waals surface area contributed by atoms with Gasteiger partial charge in [-0.2, -0.15) is 0 Å². The van der Waals surface area contributed by atoms with Crippen LogP contribution in [0.5, 0.6) is 0 Å². The first-order chi connectivity index (χ1) is 6.52. The highest BCUT2D eigenvalue weighted by atomic mass is 16.2. The maximum Gasteiger partial charge on any atom is 0.230 e. The number of likely N-dealkylation sites (N-methyl/N-ethyl adjacent to an activating group) is 1. The number of amides is 1. The van der Waals surface area contributed by atoms with Crippen LogP contribution >= 0.6 is 0 Å². The Morgan fingerprint density at radius 3 is 2.86 bits per heavy atom. The van der Waals surface area contributed by atoms with Gasteiger partial charge >= 0.3 is 0 Å². The summed E-state index contributed by atoms with van der Waals surface area (Å²) in [5, 5.41) is 0. The summed E-state index contributed by atoms with van der Waals surface area (Å²) in [5.74, 6) is 0.155. The van der Waals surface area contributed by atoms with Crippen LogP contribution in [0.2, 0.25) is 0 Å². The van der Waals surface area contributed by atoms with E-state index in [4.69, 9.17) is 5.73 Å². The Morgan fingerprint density at radius 1 is 1.79 bits per heavy atom. The first-order valence-corrected chi connectivity index (χ1v) is 5.14. The summed E-state index contributed by atoms with van der Waals surface area (Å²) in [6, 6.07) is 0.0160. The lowest BCUT2D eigenvalue weighted by Crippen LogP contribution is -2.48. The normalized spacial score (nSPS) is 31.5. The van der Waals surface area contributed by atoms with E-state index in [0.717, 1.165) is 19.3 Å². The predicted octanol–water partition coefficient (Wildman–Crippen LogP) is 1.15. The Kier molecular flexibility index (Phi) is 3.32. The SMILES string of the molecule is C=CCN(C)C(=O)C1(C)CCCC1N. The van der Waals surface area contributed by atoms with Gasteiger partial charge in [0.1, 0.15) is 0 Å². The van der Waals surface area contributed by atoms with Gasteiger partial charge < -0.3 is 10.6 Å². The lowest BCUT2D eigenvalue weighted by atomic mass is 9.83. The molecule has 1 amide bonds. The minimum absolute atomic E-state index is 0.0160. The van der Waals surface area contributed by atoms with Crippen LogP contribution in [-0.2, 0) is 4.79 Å². The molecule has 1 saturated carbocycles. The van der Waals surface area contributed by atoms with Crippen LogP contribution in [0, 0.1) is 5.41 Å². The smallest absolute Gasteiger partial charge is 0.230 e. The van der Waals surface area contributed by atoms with Gasteiger partial charge in [0, 0.05) is 19.6 Å². The van der Waals surface area contributed by atoms with Crippen molar-refractivity contribution in [2.75, 3.05) is 13.6 Å². The molecule has 0 aromatic carbocycles. The summed E-state index contributed by atoms with van der Waals surface area (Å²) < 4.78 is 0. The van der Waals surface area contributed by atoms with Gasteiger partial charge in [-0.3, -0.25) is 4.79 Å². The molecule has 0 saturated heterocycles. The van der Waals surface area contributed by atoms with Crippen LogP contribution < -0.4 is 5.73 Å². The Morgan fingerprint density at radius 2 is 2.43 bits per heavy atom. The maximum atomic E-state index is 12.1. The van der Waals surface area contributed by atoms with E-state index in [1.165, 1.54) is 0 Å². The van der Waals surface area contributed by atoms with Gasteiger partial charge in [0.15, 0.2) is 0 Å². The molecule has 3 nitrogen and oxygen atoms in total. The molecule has 1 rings (SSSR count). The highest BCUT2D eigenvalue weighted by molar-refractivity contribution is 5.83. The highest BCUT2D eigenvalue weighted by Gasteiger charge is 2.44. The lowest BCUT2D eigenvalue weighted by Gasteiger charge is -2.31. The Balaban J connectivity index is 2.71. The van der Waals surface area contributed by atoms with Crippen LogP contribution in [0.1, 0.15) is 26.2 Å². The molecular formula is C11H20N2O. The van der Waals surface area contributed by atoms with Crippen molar-refractivity contribution < 1.29 is 4.79 Å². The minimum Gasteiger partial charge on any atom is -0.342 e. The summed E-state index contributed by atoms with van der Waals surface area (Å²) in [6.07, 6.45) is 4.67. The largest absolute Gasteiger partial charge is 0.342 e. The standard InChI is InChI=1S/C11H20N2O/c1-4-8-13(3)10(14)11(2)7-5-6-9(11)12/h4,9H,1,5-8,12H2,2-3H3. The van der Waals surface area contributed by atoms with Gasteiger partial charge in [0.2, 0.25) is 5.91 Å². The van der Waals surface area contributed by atoms with E-state index >= 15 is 0 Å². The van der Waals surface area contributed by atoms with Crippen molar-refractivity contribution in [1.29, 1.82) is 0 Å². The zero-order valence-electron chi connectivity index (χ0n) is 9.12. The summed E-state index contributed by atoms with van der Waals surface area (Å²) in [5.41, 5.74) is 5.63. The summed E-state index contributed by atoms with van der Waals surface area (Å²) in [4.78, 5) is 13.8. The molecule has 2 unspecified atom stereocenters. The second-order valence-electron chi connectivity index (χ2n) is 4.39. The maximum absolute atomic E-state index is 12.1. The summed E-state index contributed by atoms with van der Waals surface area (Å²) >= 11 is 0. The van der Waals surface area contributed by atoms with Crippen molar-refractivity contribution in [2.45, 2.75) is 32.2 Å². The molecule has 0 heterocycles. The third kappa shape index (κ3) is 1.82. The molecule has 0 bridgehead atoms. The molecule has 0 spiro atoms. The molecule has 0 aliphatic heterocycles. The van der Waals surface area contributed by atoms with Crippen LogP contribution in [-0.4, -0.2) is 30.4 Å². The van der Waals surface area contributed by atoms with Crippen LogP contribution in [0.4, 0.5) is 0 Å². The number of hydrogen-bond acceptors (Lipinski definition) is 2. The van der Waals surface area contributed by atoms with Crippen molar-refractivity contribution in [3.63, 3.8) is 0 Å². The zero-order valence-corrected chi connectivity index (χ0v) is 9.12. The van der Waals surface area contributed by atoms with E-state index in [0.29, 0.717) is 6.54 Å². The van der Waals surface area contributed by atoms with E-state index in [1.807, 2.05) is 6.92 Å². The van der Waals surface area contributed by atoms with Gasteiger partial charge in [-0.25, -0.2) is 0 Å². The lowest BCUT2D eigenvalue weighted by molar-refractivity contribution is -0.139. The Labute approximate surface area is 86.0 Å². The van der Waals surface area contributed by atoms with Crippen LogP contribution in [0.25, 0.3) is 0 Å². The zero-order chi connectivity index (χ0) is 10.8. The first-order valence-electron chi connectivity index (χ1n) is 5.14. The number of carbonyl (C=O) groups excluding carboxylic acids is 1. The molecule has 0 radical (unpaired) electrons. The van der Waals surface area contributed by atoms with Gasteiger partial charge in [-0.05, 0) is 19.8 Å². The number of nitrogens with zero attached hydrogens (tertiary/aromatic N) is 1. The molecule has 0 aromatic heterocycles. The van der Waals surface area contributed by atoms with Crippen molar-refractivity contribution in [3.05, 3.63) is 12.7 Å². The topological polar surface area (TPSA) is 46.3 Å². The van der Waals surface area contributed by atoms with Crippen molar-refractivity contribution in [3.8, 4) is 0 Å². The van der Waals surface area contributed by atoms with E-state index in [2.05, 4.69) is 6.58 Å². The first kappa shape index (κ1) is 11.2. The second kappa shape index (κ2) is 4.13. The molecule has 1 aliphatic carbocycles. The molecule has 2 N–H and O–H groups in total. The average Bonchev–Trinajstić information content (AvgIpc) is 2.47. The fourth-order valence-corrected chi connectivity index (χ4v) is 2.17. The number of hydrogen-bond donors (Lipinski definition) is 1. The molecule has 3 heteroatoms. The fourth-order valence-electron chi connectivity index (χ4n) is 2.17. The summed E-state index contributed by atoms with van der Waals surface area (Å²) in [7, 11) is 1.81. The molecular weight excluding hydrogens is 176 g/mol. The van der Waals surface area contributed by atoms with Crippen molar-refractivity contribution in [1.82, 2.24) is 4.90 Å². The third-order valence-electron chi connectivity index (χ3n) is 3.27. The fraction of sp³-hybridized carbons (Fsp3) is 0.727. The molecule has 1 fully saturated rings. The third-order valence-corrected chi connectivity index (χ3v) is 3.27.